The maximum Gasteiger partial charge on any atom is 0.263 e. The Morgan fingerprint density at radius 2 is 2.03 bits per heavy atom. The summed E-state index contributed by atoms with van der Waals surface area (Å²) >= 11 is 2.97. The third kappa shape index (κ3) is 4.95. The molecule has 0 saturated carbocycles. The molecule has 8 heteroatoms. The highest BCUT2D eigenvalue weighted by molar-refractivity contribution is 8.00. The Morgan fingerprint density at radius 1 is 1.26 bits per heavy atom. The number of thioether (sulfide) groups is 1. The van der Waals surface area contributed by atoms with Crippen molar-refractivity contribution in [2.24, 2.45) is 0 Å². The van der Waals surface area contributed by atoms with E-state index in [9.17, 15) is 9.59 Å². The summed E-state index contributed by atoms with van der Waals surface area (Å²) in [7, 11) is 1.63. The fourth-order valence-corrected chi connectivity index (χ4v) is 6.71. The van der Waals surface area contributed by atoms with Gasteiger partial charge in [0.05, 0.1) is 23.8 Å². The highest BCUT2D eigenvalue weighted by Crippen LogP contribution is 2.35. The van der Waals surface area contributed by atoms with E-state index < -0.39 is 5.25 Å². The summed E-state index contributed by atoms with van der Waals surface area (Å²) in [5.74, 6) is 0.200. The molecule has 1 unspecified atom stereocenters. The van der Waals surface area contributed by atoms with Gasteiger partial charge in [-0.1, -0.05) is 43.8 Å². The molecule has 1 amide bonds. The molecule has 34 heavy (non-hydrogen) atoms. The van der Waals surface area contributed by atoms with Crippen molar-refractivity contribution in [2.75, 3.05) is 19.0 Å². The van der Waals surface area contributed by atoms with Crippen molar-refractivity contribution in [3.05, 3.63) is 50.1 Å². The highest BCUT2D eigenvalue weighted by Gasteiger charge is 2.25. The van der Waals surface area contributed by atoms with Crippen molar-refractivity contribution in [1.29, 1.82) is 0 Å². The van der Waals surface area contributed by atoms with E-state index in [0.717, 1.165) is 52.7 Å². The number of amides is 1. The zero-order valence-electron chi connectivity index (χ0n) is 20.6. The van der Waals surface area contributed by atoms with Gasteiger partial charge in [-0.05, 0) is 62.1 Å². The summed E-state index contributed by atoms with van der Waals surface area (Å²) in [6.45, 7) is 8.94. The monoisotopic (exact) mass is 499 g/mol. The Bertz CT molecular complexity index is 1260. The summed E-state index contributed by atoms with van der Waals surface area (Å²) in [6.07, 6.45) is 4.23. The number of anilines is 1. The van der Waals surface area contributed by atoms with Crippen LogP contribution in [0, 0.1) is 6.92 Å². The molecular weight excluding hydrogens is 466 g/mol. The van der Waals surface area contributed by atoms with Crippen molar-refractivity contribution in [3.8, 4) is 0 Å². The number of carbonyl (C=O) groups excluding carboxylic acids is 1. The molecular formula is C26H33N3O3S2. The van der Waals surface area contributed by atoms with Gasteiger partial charge in [0, 0.05) is 17.7 Å². The number of ether oxygens (including phenoxy) is 1. The summed E-state index contributed by atoms with van der Waals surface area (Å²) < 4.78 is 6.96. The molecule has 182 valence electrons. The van der Waals surface area contributed by atoms with Crippen LogP contribution in [-0.4, -0.2) is 34.4 Å². The van der Waals surface area contributed by atoms with Gasteiger partial charge in [-0.3, -0.25) is 14.2 Å². The molecule has 1 aliphatic carbocycles. The van der Waals surface area contributed by atoms with Crippen LogP contribution in [0.5, 0.6) is 0 Å². The summed E-state index contributed by atoms with van der Waals surface area (Å²) in [6, 6.07) is 6.09. The second-order valence-corrected chi connectivity index (χ2v) is 11.6. The molecule has 3 aromatic rings. The quantitative estimate of drug-likeness (QED) is 0.326. The number of hydrogen-bond donors (Lipinski definition) is 1. The molecule has 0 aliphatic heterocycles. The summed E-state index contributed by atoms with van der Waals surface area (Å²) in [4.78, 5) is 33.7. The number of benzene rings is 1. The number of carbonyl (C=O) groups is 1. The molecule has 1 N–H and O–H groups in total. The van der Waals surface area contributed by atoms with Crippen LogP contribution >= 0.6 is 23.1 Å². The second-order valence-electron chi connectivity index (χ2n) is 9.18. The molecule has 1 aliphatic rings. The minimum Gasteiger partial charge on any atom is -0.383 e. The van der Waals surface area contributed by atoms with E-state index in [1.807, 2.05) is 26.0 Å². The van der Waals surface area contributed by atoms with Crippen LogP contribution in [0.15, 0.2) is 28.2 Å². The first-order valence-corrected chi connectivity index (χ1v) is 13.6. The molecule has 0 bridgehead atoms. The predicted octanol–water partition coefficient (Wildman–Crippen LogP) is 5.53. The Kier molecular flexibility index (Phi) is 7.80. The molecule has 0 spiro atoms. The smallest absolute Gasteiger partial charge is 0.263 e. The number of para-hydroxylation sites is 1. The van der Waals surface area contributed by atoms with Crippen molar-refractivity contribution < 1.29 is 9.53 Å². The average molecular weight is 500 g/mol. The minimum atomic E-state index is -0.424. The maximum absolute atomic E-state index is 13.6. The van der Waals surface area contributed by atoms with Gasteiger partial charge < -0.3 is 10.1 Å². The lowest BCUT2D eigenvalue weighted by molar-refractivity contribution is -0.115. The highest BCUT2D eigenvalue weighted by atomic mass is 32.2. The lowest BCUT2D eigenvalue weighted by Crippen LogP contribution is -2.28. The van der Waals surface area contributed by atoms with Gasteiger partial charge in [-0.15, -0.1) is 11.3 Å². The standard InChI is InChI=1S/C26H33N3O3S2/c1-15(2)18-11-8-9-16(3)22(18)27-23(30)17(4)33-26-28-24-21(25(31)29(26)13-14-32-5)19-10-6-7-12-20(19)34-24/h8-9,11,15,17H,6-7,10,12-14H2,1-5H3,(H,27,30). The van der Waals surface area contributed by atoms with E-state index in [4.69, 9.17) is 9.72 Å². The van der Waals surface area contributed by atoms with Crippen LogP contribution in [0.25, 0.3) is 10.2 Å². The average Bonchev–Trinajstić information content (AvgIpc) is 3.18. The summed E-state index contributed by atoms with van der Waals surface area (Å²) in [5, 5.41) is 4.05. The van der Waals surface area contributed by atoms with E-state index in [-0.39, 0.29) is 11.5 Å². The zero-order valence-corrected chi connectivity index (χ0v) is 22.2. The van der Waals surface area contributed by atoms with Crippen molar-refractivity contribution in [1.82, 2.24) is 9.55 Å². The first-order chi connectivity index (χ1) is 16.3. The first-order valence-electron chi connectivity index (χ1n) is 11.9. The van der Waals surface area contributed by atoms with Crippen LogP contribution < -0.4 is 10.9 Å². The molecule has 4 rings (SSSR count). The zero-order chi connectivity index (χ0) is 24.4. The molecule has 2 heterocycles. The number of rotatable bonds is 8. The van der Waals surface area contributed by atoms with Gasteiger partial charge in [0.1, 0.15) is 4.83 Å². The van der Waals surface area contributed by atoms with E-state index in [1.165, 1.54) is 22.2 Å². The Balaban J connectivity index is 1.66. The van der Waals surface area contributed by atoms with Gasteiger partial charge in [0.2, 0.25) is 5.91 Å². The molecule has 6 nitrogen and oxygen atoms in total. The number of thiophene rings is 1. The van der Waals surface area contributed by atoms with Gasteiger partial charge in [-0.2, -0.15) is 0 Å². The third-order valence-corrected chi connectivity index (χ3v) is 8.66. The van der Waals surface area contributed by atoms with Crippen LogP contribution in [0.2, 0.25) is 0 Å². The number of aromatic nitrogens is 2. The largest absolute Gasteiger partial charge is 0.383 e. The van der Waals surface area contributed by atoms with Gasteiger partial charge >= 0.3 is 0 Å². The van der Waals surface area contributed by atoms with E-state index in [2.05, 4.69) is 25.2 Å². The van der Waals surface area contributed by atoms with Crippen molar-refractivity contribution in [3.63, 3.8) is 0 Å². The molecule has 0 radical (unpaired) electrons. The second kappa shape index (κ2) is 10.6. The fraction of sp³-hybridized carbons (Fsp3) is 0.500. The molecule has 0 fully saturated rings. The SMILES string of the molecule is COCCn1c(SC(C)C(=O)Nc2c(C)cccc2C(C)C)nc2sc3c(c2c1=O)CCCC3. The van der Waals surface area contributed by atoms with Gasteiger partial charge in [0.25, 0.3) is 5.56 Å². The maximum atomic E-state index is 13.6. The number of nitrogens with one attached hydrogen (secondary N) is 1. The van der Waals surface area contributed by atoms with E-state index >= 15 is 0 Å². The minimum absolute atomic E-state index is 0.0162. The third-order valence-electron chi connectivity index (χ3n) is 6.39. The Morgan fingerprint density at radius 3 is 2.76 bits per heavy atom. The van der Waals surface area contributed by atoms with Gasteiger partial charge in [0.15, 0.2) is 5.16 Å². The number of fused-ring (bicyclic) bond motifs is 3. The lowest BCUT2D eigenvalue weighted by atomic mass is 9.97. The number of methoxy groups -OCH3 is 1. The van der Waals surface area contributed by atoms with Crippen LogP contribution in [0.4, 0.5) is 5.69 Å². The van der Waals surface area contributed by atoms with Crippen LogP contribution in [0.1, 0.15) is 61.1 Å². The normalized spacial score (nSPS) is 14.4. The molecule has 2 aromatic heterocycles. The van der Waals surface area contributed by atoms with E-state index in [0.29, 0.717) is 24.2 Å². The predicted molar refractivity (Wildman–Crippen MR) is 142 cm³/mol. The summed E-state index contributed by atoms with van der Waals surface area (Å²) in [5.41, 5.74) is 4.19. The number of hydrogen-bond acceptors (Lipinski definition) is 6. The van der Waals surface area contributed by atoms with Gasteiger partial charge in [-0.25, -0.2) is 4.98 Å². The topological polar surface area (TPSA) is 73.2 Å². The lowest BCUT2D eigenvalue weighted by Gasteiger charge is -2.19. The fourth-order valence-electron chi connectivity index (χ4n) is 4.47. The molecule has 1 aromatic carbocycles. The number of aryl methyl sites for hydroxylation is 3. The Hall–Kier alpha value is -2.16. The van der Waals surface area contributed by atoms with Crippen molar-refractivity contribution >= 4 is 44.9 Å². The Labute approximate surface area is 209 Å². The first kappa shape index (κ1) is 24.9. The van der Waals surface area contributed by atoms with E-state index in [1.54, 1.807) is 23.0 Å². The molecule has 1 atom stereocenters. The van der Waals surface area contributed by atoms with Crippen LogP contribution in [-0.2, 0) is 28.9 Å². The van der Waals surface area contributed by atoms with Crippen LogP contribution in [0.3, 0.4) is 0 Å². The molecule has 0 saturated heterocycles. The van der Waals surface area contributed by atoms with Crippen molar-refractivity contribution in [2.45, 2.75) is 76.2 Å². The number of nitrogens with zero attached hydrogens (tertiary/aromatic N) is 2.